The Morgan fingerprint density at radius 3 is 1.88 bits per heavy atom. The van der Waals surface area contributed by atoms with Crippen molar-refractivity contribution < 1.29 is 0 Å². The van der Waals surface area contributed by atoms with Crippen LogP contribution >= 0.6 is 0 Å². The third kappa shape index (κ3) is 1.82. The van der Waals surface area contributed by atoms with Crippen LogP contribution in [0.1, 0.15) is 5.69 Å². The Morgan fingerprint density at radius 2 is 1.41 bits per heavy atom. The quantitative estimate of drug-likeness (QED) is 0.546. The van der Waals surface area contributed by atoms with Crippen LogP contribution in [0.5, 0.6) is 0 Å². The van der Waals surface area contributed by atoms with Gasteiger partial charge in [0.15, 0.2) is 11.6 Å². The molecule has 3 rings (SSSR count). The molecule has 0 aromatic carbocycles. The second-order valence-corrected chi connectivity index (χ2v) is 3.21. The van der Waals surface area contributed by atoms with E-state index >= 15 is 0 Å². The molecule has 10 heteroatoms. The van der Waals surface area contributed by atoms with Crippen LogP contribution in [0.25, 0.3) is 0 Å². The first-order chi connectivity index (χ1) is 8.43. The van der Waals surface area contributed by atoms with E-state index in [0.29, 0.717) is 18.2 Å². The molecule has 0 unspecified atom stereocenters. The maximum atomic E-state index is 3.93. The molecule has 0 atom stereocenters. The van der Waals surface area contributed by atoms with Gasteiger partial charge in [-0.15, -0.1) is 15.3 Å². The summed E-state index contributed by atoms with van der Waals surface area (Å²) in [7, 11) is 0. The zero-order valence-electron chi connectivity index (χ0n) is 8.57. The zero-order valence-corrected chi connectivity index (χ0v) is 8.57. The molecule has 3 N–H and O–H groups in total. The summed E-state index contributed by atoms with van der Waals surface area (Å²) in [6, 6.07) is 0. The van der Waals surface area contributed by atoms with Gasteiger partial charge in [0.25, 0.3) is 0 Å². The molecule has 0 fully saturated rings. The number of aromatic amines is 3. The van der Waals surface area contributed by atoms with Gasteiger partial charge in [-0.25, -0.2) is 0 Å². The first kappa shape index (κ1) is 9.45. The predicted octanol–water partition coefficient (Wildman–Crippen LogP) is -0.621. The highest BCUT2D eigenvalue weighted by atomic mass is 15.4. The molecule has 0 spiro atoms. The van der Waals surface area contributed by atoms with E-state index < -0.39 is 0 Å². The van der Waals surface area contributed by atoms with E-state index in [0.717, 1.165) is 5.69 Å². The van der Waals surface area contributed by atoms with Crippen LogP contribution in [0.2, 0.25) is 0 Å². The molecule has 0 radical (unpaired) electrons. The standard InChI is InChI=1S/C7H8N10/c1-5(11-14-8-1)4-17(6-2-9-15-12-6)7-3-10-16-13-7/h1-3H,4H2,(H,8,11,14)(H,9,12,15)(H,10,13,16). The van der Waals surface area contributed by atoms with Crippen molar-refractivity contribution in [3.63, 3.8) is 0 Å². The van der Waals surface area contributed by atoms with E-state index in [1.807, 2.05) is 0 Å². The number of nitrogens with one attached hydrogen (secondary N) is 3. The highest BCUT2D eigenvalue weighted by Crippen LogP contribution is 2.20. The maximum Gasteiger partial charge on any atom is 0.176 e. The molecule has 10 nitrogen and oxygen atoms in total. The van der Waals surface area contributed by atoms with Crippen molar-refractivity contribution in [1.29, 1.82) is 0 Å². The highest BCUT2D eigenvalue weighted by molar-refractivity contribution is 5.52. The van der Waals surface area contributed by atoms with Gasteiger partial charge in [-0.05, 0) is 0 Å². The van der Waals surface area contributed by atoms with Gasteiger partial charge in [0.2, 0.25) is 0 Å². The Labute approximate surface area is 94.4 Å². The van der Waals surface area contributed by atoms with E-state index in [9.17, 15) is 0 Å². The monoisotopic (exact) mass is 232 g/mol. The van der Waals surface area contributed by atoms with Gasteiger partial charge in [0, 0.05) is 6.20 Å². The maximum absolute atomic E-state index is 3.93. The Kier molecular flexibility index (Phi) is 2.22. The second kappa shape index (κ2) is 4.00. The lowest BCUT2D eigenvalue weighted by Crippen LogP contribution is -2.17. The lowest BCUT2D eigenvalue weighted by molar-refractivity contribution is 0.843. The molecule has 3 heterocycles. The Morgan fingerprint density at radius 1 is 0.824 bits per heavy atom. The van der Waals surface area contributed by atoms with Crippen LogP contribution in [-0.2, 0) is 6.54 Å². The summed E-state index contributed by atoms with van der Waals surface area (Å²) in [4.78, 5) is 1.80. The molecule has 0 aliphatic heterocycles. The molecule has 3 aromatic rings. The summed E-state index contributed by atoms with van der Waals surface area (Å²) in [6.07, 6.45) is 5.02. The van der Waals surface area contributed by atoms with Crippen molar-refractivity contribution in [2.24, 2.45) is 0 Å². The average molecular weight is 232 g/mol. The SMILES string of the molecule is c1[nH]nnc1CN(c1c[nH]nn1)c1c[nH]nn1. The molecule has 0 saturated heterocycles. The number of hydrogen-bond acceptors (Lipinski definition) is 7. The largest absolute Gasteiger partial charge is 0.299 e. The fourth-order valence-electron chi connectivity index (χ4n) is 1.40. The van der Waals surface area contributed by atoms with Crippen LogP contribution in [-0.4, -0.2) is 46.2 Å². The Balaban J connectivity index is 1.92. The van der Waals surface area contributed by atoms with Crippen molar-refractivity contribution in [3.05, 3.63) is 24.3 Å². The van der Waals surface area contributed by atoms with Gasteiger partial charge in [0.05, 0.1) is 18.9 Å². The van der Waals surface area contributed by atoms with E-state index in [4.69, 9.17) is 0 Å². The third-order valence-corrected chi connectivity index (χ3v) is 2.15. The number of aromatic nitrogens is 9. The molecule has 17 heavy (non-hydrogen) atoms. The van der Waals surface area contributed by atoms with Gasteiger partial charge in [-0.2, -0.15) is 0 Å². The first-order valence-corrected chi connectivity index (χ1v) is 4.79. The average Bonchev–Trinajstić information content (AvgIpc) is 3.09. The molecule has 0 bridgehead atoms. The van der Waals surface area contributed by atoms with Crippen LogP contribution in [0.4, 0.5) is 11.6 Å². The van der Waals surface area contributed by atoms with Crippen molar-refractivity contribution in [2.75, 3.05) is 4.90 Å². The number of nitrogens with zero attached hydrogens (tertiary/aromatic N) is 7. The molecule has 3 aromatic heterocycles. The van der Waals surface area contributed by atoms with Gasteiger partial charge in [-0.3, -0.25) is 20.2 Å². The van der Waals surface area contributed by atoms with Gasteiger partial charge >= 0.3 is 0 Å². The van der Waals surface area contributed by atoms with Gasteiger partial charge in [-0.1, -0.05) is 15.6 Å². The second-order valence-electron chi connectivity index (χ2n) is 3.21. The normalized spacial score (nSPS) is 10.6. The van der Waals surface area contributed by atoms with Crippen LogP contribution in [0.15, 0.2) is 18.6 Å². The van der Waals surface area contributed by atoms with E-state index in [1.54, 1.807) is 23.5 Å². The zero-order chi connectivity index (χ0) is 11.5. The molecule has 86 valence electrons. The van der Waals surface area contributed by atoms with Crippen LogP contribution in [0, 0.1) is 0 Å². The summed E-state index contributed by atoms with van der Waals surface area (Å²) in [6.45, 7) is 0.468. The minimum absolute atomic E-state index is 0.468. The van der Waals surface area contributed by atoms with Crippen molar-refractivity contribution in [2.45, 2.75) is 6.54 Å². The Hall–Kier alpha value is -2.78. The van der Waals surface area contributed by atoms with E-state index in [2.05, 4.69) is 46.2 Å². The van der Waals surface area contributed by atoms with E-state index in [-0.39, 0.29) is 0 Å². The lowest BCUT2D eigenvalue weighted by Gasteiger charge is -2.16. The summed E-state index contributed by atoms with van der Waals surface area (Å²) in [5.41, 5.74) is 0.760. The summed E-state index contributed by atoms with van der Waals surface area (Å²) in [5.74, 6) is 1.25. The van der Waals surface area contributed by atoms with Crippen molar-refractivity contribution in [1.82, 2.24) is 46.2 Å². The summed E-state index contributed by atoms with van der Waals surface area (Å²) >= 11 is 0. The van der Waals surface area contributed by atoms with Crippen LogP contribution in [0.3, 0.4) is 0 Å². The van der Waals surface area contributed by atoms with Gasteiger partial charge in [0.1, 0.15) is 5.69 Å². The lowest BCUT2D eigenvalue weighted by atomic mass is 10.4. The molecular formula is C7H8N10. The minimum Gasteiger partial charge on any atom is -0.299 e. The van der Waals surface area contributed by atoms with Gasteiger partial charge < -0.3 is 0 Å². The fourth-order valence-corrected chi connectivity index (χ4v) is 1.40. The molecule has 0 saturated carbocycles. The molecule has 0 amide bonds. The van der Waals surface area contributed by atoms with Crippen molar-refractivity contribution in [3.8, 4) is 0 Å². The first-order valence-electron chi connectivity index (χ1n) is 4.79. The number of rotatable bonds is 4. The van der Waals surface area contributed by atoms with E-state index in [1.165, 1.54) is 0 Å². The Bertz CT molecular complexity index is 503. The smallest absolute Gasteiger partial charge is 0.176 e. The minimum atomic E-state index is 0.468. The molecule has 0 aliphatic rings. The number of H-pyrrole nitrogens is 3. The molecular weight excluding hydrogens is 224 g/mol. The topological polar surface area (TPSA) is 128 Å². The summed E-state index contributed by atoms with van der Waals surface area (Å²) in [5, 5.41) is 30.7. The fraction of sp³-hybridized carbons (Fsp3) is 0.143. The highest BCUT2D eigenvalue weighted by Gasteiger charge is 2.16. The number of hydrogen-bond donors (Lipinski definition) is 3. The molecule has 0 aliphatic carbocycles. The third-order valence-electron chi connectivity index (χ3n) is 2.15. The predicted molar refractivity (Wildman–Crippen MR) is 55.0 cm³/mol. The van der Waals surface area contributed by atoms with Crippen LogP contribution < -0.4 is 4.90 Å². The van der Waals surface area contributed by atoms with Crippen molar-refractivity contribution >= 4 is 11.6 Å². The number of anilines is 2. The summed E-state index contributed by atoms with van der Waals surface area (Å²) < 4.78 is 0.